The number of halogens is 3. The van der Waals surface area contributed by atoms with E-state index in [9.17, 15) is 0 Å². The molecule has 1 aromatic carbocycles. The van der Waals surface area contributed by atoms with Gasteiger partial charge in [-0.3, -0.25) is 4.98 Å². The molecule has 0 radical (unpaired) electrons. The maximum absolute atomic E-state index is 8.68. The third-order valence-corrected chi connectivity index (χ3v) is 3.22. The zero-order valence-corrected chi connectivity index (χ0v) is 11.4. The molecule has 1 aromatic heterocycles. The van der Waals surface area contributed by atoms with Crippen molar-refractivity contribution in [2.24, 2.45) is 0 Å². The Morgan fingerprint density at radius 3 is 2.50 bits per heavy atom. The van der Waals surface area contributed by atoms with Crippen molar-refractivity contribution in [3.63, 3.8) is 0 Å². The molecular formula is C13H7Cl3N2. The monoisotopic (exact) mass is 296 g/mol. The van der Waals surface area contributed by atoms with E-state index in [-0.39, 0.29) is 6.42 Å². The molecule has 2 nitrogen and oxygen atoms in total. The van der Waals surface area contributed by atoms with Crippen molar-refractivity contribution in [3.8, 4) is 17.3 Å². The van der Waals surface area contributed by atoms with Crippen LogP contribution in [0.1, 0.15) is 5.69 Å². The Hall–Kier alpha value is -1.27. The van der Waals surface area contributed by atoms with E-state index in [1.165, 1.54) is 0 Å². The summed E-state index contributed by atoms with van der Waals surface area (Å²) in [5.74, 6) is 0. The minimum Gasteiger partial charge on any atom is -0.250 e. The van der Waals surface area contributed by atoms with Gasteiger partial charge in [-0.15, -0.1) is 0 Å². The van der Waals surface area contributed by atoms with E-state index in [0.29, 0.717) is 32.0 Å². The first-order valence-electron chi connectivity index (χ1n) is 5.09. The van der Waals surface area contributed by atoms with E-state index >= 15 is 0 Å². The summed E-state index contributed by atoms with van der Waals surface area (Å²) in [7, 11) is 0. The molecule has 0 fully saturated rings. The molecule has 0 aliphatic heterocycles. The van der Waals surface area contributed by atoms with Crippen LogP contribution in [-0.2, 0) is 6.42 Å². The number of nitriles is 1. The van der Waals surface area contributed by atoms with Gasteiger partial charge < -0.3 is 0 Å². The van der Waals surface area contributed by atoms with Gasteiger partial charge in [-0.1, -0.05) is 34.8 Å². The van der Waals surface area contributed by atoms with Gasteiger partial charge in [0.15, 0.2) is 0 Å². The van der Waals surface area contributed by atoms with Crippen LogP contribution in [0, 0.1) is 11.3 Å². The molecule has 0 atom stereocenters. The maximum atomic E-state index is 8.68. The number of hydrogen-bond donors (Lipinski definition) is 0. The summed E-state index contributed by atoms with van der Waals surface area (Å²) in [6, 6.07) is 10.5. The fourth-order valence-corrected chi connectivity index (χ4v) is 2.12. The third-order valence-electron chi connectivity index (χ3n) is 2.35. The first-order chi connectivity index (χ1) is 8.61. The molecule has 2 rings (SSSR count). The van der Waals surface area contributed by atoms with Crippen molar-refractivity contribution < 1.29 is 0 Å². The molecule has 0 unspecified atom stereocenters. The number of nitrogens with zero attached hydrogens (tertiary/aromatic N) is 2. The van der Waals surface area contributed by atoms with Gasteiger partial charge in [0, 0.05) is 10.6 Å². The number of aromatic nitrogens is 1. The minimum atomic E-state index is 0.225. The molecule has 2 aromatic rings. The van der Waals surface area contributed by atoms with Crippen molar-refractivity contribution >= 4 is 34.8 Å². The van der Waals surface area contributed by atoms with E-state index in [1.807, 2.05) is 6.07 Å². The zero-order chi connectivity index (χ0) is 13.1. The SMILES string of the molecule is N#CCc1ccc(Cl)c(-c2cc(Cl)ccc2Cl)n1. The second kappa shape index (κ2) is 5.58. The van der Waals surface area contributed by atoms with Crippen molar-refractivity contribution in [2.75, 3.05) is 0 Å². The lowest BCUT2D eigenvalue weighted by Gasteiger charge is -2.07. The van der Waals surface area contributed by atoms with Crippen LogP contribution in [0.25, 0.3) is 11.3 Å². The van der Waals surface area contributed by atoms with E-state index < -0.39 is 0 Å². The molecule has 90 valence electrons. The van der Waals surface area contributed by atoms with E-state index in [1.54, 1.807) is 30.3 Å². The predicted octanol–water partition coefficient (Wildman–Crippen LogP) is 4.77. The summed E-state index contributed by atoms with van der Waals surface area (Å²) >= 11 is 18.2. The molecule has 0 spiro atoms. The topological polar surface area (TPSA) is 36.7 Å². The molecule has 18 heavy (non-hydrogen) atoms. The van der Waals surface area contributed by atoms with Crippen LogP contribution in [0.4, 0.5) is 0 Å². The fraction of sp³-hybridized carbons (Fsp3) is 0.0769. The summed E-state index contributed by atoms with van der Waals surface area (Å²) in [6.45, 7) is 0. The highest BCUT2D eigenvalue weighted by atomic mass is 35.5. The normalized spacial score (nSPS) is 10.1. The van der Waals surface area contributed by atoms with Crippen LogP contribution in [0.2, 0.25) is 15.1 Å². The second-order valence-corrected chi connectivity index (χ2v) is 4.84. The Morgan fingerprint density at radius 1 is 1.06 bits per heavy atom. The summed E-state index contributed by atoms with van der Waals surface area (Å²) < 4.78 is 0. The van der Waals surface area contributed by atoms with Crippen molar-refractivity contribution in [3.05, 3.63) is 51.1 Å². The van der Waals surface area contributed by atoms with Crippen LogP contribution in [0.5, 0.6) is 0 Å². The smallest absolute Gasteiger partial charge is 0.0907 e. The van der Waals surface area contributed by atoms with Crippen LogP contribution >= 0.6 is 34.8 Å². The standard InChI is InChI=1S/C13H7Cl3N2/c14-8-1-3-11(15)10(7-8)13-12(16)4-2-9(18-13)5-6-17/h1-4,7H,5H2. The molecule has 0 saturated carbocycles. The third kappa shape index (κ3) is 2.76. The van der Waals surface area contributed by atoms with Gasteiger partial charge in [0.25, 0.3) is 0 Å². The lowest BCUT2D eigenvalue weighted by atomic mass is 10.1. The molecule has 1 heterocycles. The van der Waals surface area contributed by atoms with Crippen molar-refractivity contribution in [1.29, 1.82) is 5.26 Å². The molecular weight excluding hydrogens is 291 g/mol. The molecule has 0 aliphatic carbocycles. The van der Waals surface area contributed by atoms with Crippen LogP contribution in [0.15, 0.2) is 30.3 Å². The highest BCUT2D eigenvalue weighted by molar-refractivity contribution is 6.37. The summed E-state index contributed by atoms with van der Waals surface area (Å²) in [4.78, 5) is 4.34. The van der Waals surface area contributed by atoms with E-state index in [4.69, 9.17) is 40.1 Å². The highest BCUT2D eigenvalue weighted by Gasteiger charge is 2.11. The van der Waals surface area contributed by atoms with Gasteiger partial charge in [0.05, 0.1) is 33.9 Å². The Labute approximate surface area is 120 Å². The van der Waals surface area contributed by atoms with Crippen molar-refractivity contribution in [2.45, 2.75) is 6.42 Å². The van der Waals surface area contributed by atoms with E-state index in [2.05, 4.69) is 4.98 Å². The largest absolute Gasteiger partial charge is 0.250 e. The average Bonchev–Trinajstić information content (AvgIpc) is 2.35. The van der Waals surface area contributed by atoms with Gasteiger partial charge in [0.2, 0.25) is 0 Å². The summed E-state index contributed by atoms with van der Waals surface area (Å²) in [5.41, 5.74) is 1.85. The maximum Gasteiger partial charge on any atom is 0.0907 e. The molecule has 0 N–H and O–H groups in total. The number of benzene rings is 1. The van der Waals surface area contributed by atoms with Gasteiger partial charge in [-0.25, -0.2) is 0 Å². The second-order valence-electron chi connectivity index (χ2n) is 3.59. The Morgan fingerprint density at radius 2 is 1.78 bits per heavy atom. The Bertz CT molecular complexity index is 633. The lowest BCUT2D eigenvalue weighted by molar-refractivity contribution is 1.12. The molecule has 0 bridgehead atoms. The van der Waals surface area contributed by atoms with Crippen LogP contribution in [-0.4, -0.2) is 4.98 Å². The Balaban J connectivity index is 2.59. The number of pyridine rings is 1. The molecule has 0 aliphatic rings. The Kier molecular flexibility index (Phi) is 4.08. The van der Waals surface area contributed by atoms with Crippen LogP contribution in [0.3, 0.4) is 0 Å². The highest BCUT2D eigenvalue weighted by Crippen LogP contribution is 2.33. The fourth-order valence-electron chi connectivity index (χ4n) is 1.53. The van der Waals surface area contributed by atoms with Gasteiger partial charge in [0.1, 0.15) is 0 Å². The molecule has 0 amide bonds. The number of hydrogen-bond acceptors (Lipinski definition) is 2. The first-order valence-corrected chi connectivity index (χ1v) is 6.23. The number of rotatable bonds is 2. The molecule has 0 saturated heterocycles. The van der Waals surface area contributed by atoms with Gasteiger partial charge >= 0.3 is 0 Å². The predicted molar refractivity (Wildman–Crippen MR) is 74.0 cm³/mol. The van der Waals surface area contributed by atoms with E-state index in [0.717, 1.165) is 0 Å². The summed E-state index contributed by atoms with van der Waals surface area (Å²) in [5, 5.41) is 10.2. The quantitative estimate of drug-likeness (QED) is 0.800. The van der Waals surface area contributed by atoms with Crippen LogP contribution < -0.4 is 0 Å². The average molecular weight is 298 g/mol. The minimum absolute atomic E-state index is 0.225. The van der Waals surface area contributed by atoms with Gasteiger partial charge in [-0.2, -0.15) is 5.26 Å². The lowest BCUT2D eigenvalue weighted by Crippen LogP contribution is -1.93. The van der Waals surface area contributed by atoms with Crippen molar-refractivity contribution in [1.82, 2.24) is 4.98 Å². The van der Waals surface area contributed by atoms with Gasteiger partial charge in [-0.05, 0) is 30.3 Å². The zero-order valence-electron chi connectivity index (χ0n) is 9.12. The summed E-state index contributed by atoms with van der Waals surface area (Å²) in [6.07, 6.45) is 0.225. The molecule has 5 heteroatoms. The first kappa shape index (κ1) is 13.2.